The monoisotopic (exact) mass is 268 g/mol. The van der Waals surface area contributed by atoms with Crippen LogP contribution in [0.2, 0.25) is 0 Å². The Morgan fingerprint density at radius 1 is 1.15 bits per heavy atom. The van der Waals surface area contributed by atoms with Gasteiger partial charge in [0.05, 0.1) is 0 Å². The lowest BCUT2D eigenvalue weighted by molar-refractivity contribution is -0.116. The highest BCUT2D eigenvalue weighted by Crippen LogP contribution is 2.32. The van der Waals surface area contributed by atoms with Crippen LogP contribution in [0, 0.1) is 13.8 Å². The number of rotatable bonds is 2. The van der Waals surface area contributed by atoms with Gasteiger partial charge in [-0.05, 0) is 49.6 Å². The fraction of sp³-hybridized carbons (Fsp3) is 0.250. The number of aryl methyl sites for hydroxylation is 2. The van der Waals surface area contributed by atoms with E-state index in [-0.39, 0.29) is 5.91 Å². The Hall–Kier alpha value is -2.36. The van der Waals surface area contributed by atoms with Gasteiger partial charge in [-0.1, -0.05) is 6.07 Å². The van der Waals surface area contributed by atoms with Crippen LogP contribution in [0.4, 0.5) is 5.82 Å². The molecule has 102 valence electrons. The third-order valence-electron chi connectivity index (χ3n) is 3.58. The van der Waals surface area contributed by atoms with Gasteiger partial charge in [0.25, 0.3) is 0 Å². The summed E-state index contributed by atoms with van der Waals surface area (Å²) in [7, 11) is 0. The van der Waals surface area contributed by atoms with Gasteiger partial charge in [-0.25, -0.2) is 4.98 Å². The number of nitrogens with one attached hydrogen (secondary N) is 1. The van der Waals surface area contributed by atoms with Gasteiger partial charge in [-0.15, -0.1) is 0 Å². The minimum absolute atomic E-state index is 0.00771. The molecule has 0 spiro atoms. The number of amides is 1. The van der Waals surface area contributed by atoms with E-state index in [2.05, 4.69) is 24.1 Å². The van der Waals surface area contributed by atoms with E-state index >= 15 is 0 Å². The minimum Gasteiger partial charge on any atom is -0.457 e. The van der Waals surface area contributed by atoms with Gasteiger partial charge in [0, 0.05) is 18.2 Å². The smallest absolute Gasteiger partial charge is 0.225 e. The number of aromatic nitrogens is 1. The summed E-state index contributed by atoms with van der Waals surface area (Å²) in [4.78, 5) is 15.6. The zero-order valence-corrected chi connectivity index (χ0v) is 11.6. The van der Waals surface area contributed by atoms with Gasteiger partial charge in [-0.2, -0.15) is 0 Å². The molecule has 4 heteroatoms. The van der Waals surface area contributed by atoms with Crippen LogP contribution in [0.1, 0.15) is 23.1 Å². The first-order chi connectivity index (χ1) is 9.63. The Labute approximate surface area is 117 Å². The van der Waals surface area contributed by atoms with Crippen molar-refractivity contribution in [1.82, 2.24) is 4.98 Å². The molecule has 20 heavy (non-hydrogen) atoms. The van der Waals surface area contributed by atoms with E-state index < -0.39 is 0 Å². The number of nitrogens with zero attached hydrogens (tertiary/aromatic N) is 1. The third-order valence-corrected chi connectivity index (χ3v) is 3.58. The highest BCUT2D eigenvalue weighted by molar-refractivity contribution is 5.93. The molecule has 1 N–H and O–H groups in total. The van der Waals surface area contributed by atoms with Crippen molar-refractivity contribution in [2.45, 2.75) is 26.7 Å². The van der Waals surface area contributed by atoms with Gasteiger partial charge in [0.2, 0.25) is 5.91 Å². The Morgan fingerprint density at radius 3 is 2.80 bits per heavy atom. The predicted octanol–water partition coefficient (Wildman–Crippen LogP) is 3.38. The maximum atomic E-state index is 11.4. The molecule has 0 bridgehead atoms. The van der Waals surface area contributed by atoms with Gasteiger partial charge in [0.15, 0.2) is 0 Å². The lowest BCUT2D eigenvalue weighted by Gasteiger charge is -2.19. The van der Waals surface area contributed by atoms with E-state index in [1.807, 2.05) is 24.3 Å². The van der Waals surface area contributed by atoms with Crippen molar-refractivity contribution in [3.8, 4) is 11.5 Å². The second kappa shape index (κ2) is 4.96. The highest BCUT2D eigenvalue weighted by atomic mass is 16.5. The molecule has 0 radical (unpaired) electrons. The molecule has 1 aliphatic heterocycles. The molecule has 2 heterocycles. The molecule has 2 aromatic rings. The Balaban J connectivity index is 1.93. The van der Waals surface area contributed by atoms with Crippen molar-refractivity contribution < 1.29 is 9.53 Å². The molecule has 0 fully saturated rings. The maximum Gasteiger partial charge on any atom is 0.225 e. The number of pyridine rings is 1. The van der Waals surface area contributed by atoms with Crippen LogP contribution < -0.4 is 10.1 Å². The van der Waals surface area contributed by atoms with Crippen LogP contribution in [0.15, 0.2) is 30.5 Å². The van der Waals surface area contributed by atoms with Crippen molar-refractivity contribution in [3.63, 3.8) is 0 Å². The lowest BCUT2D eigenvalue weighted by atomic mass is 10.1. The number of carbonyl (C=O) groups is 1. The number of benzene rings is 1. The molecule has 3 rings (SSSR count). The van der Waals surface area contributed by atoms with Crippen molar-refractivity contribution in [2.75, 3.05) is 5.32 Å². The fourth-order valence-electron chi connectivity index (χ4n) is 2.26. The number of ether oxygens (including phenoxy) is 1. The summed E-state index contributed by atoms with van der Waals surface area (Å²) in [6.07, 6.45) is 2.79. The number of carbonyl (C=O) groups excluding carboxylic acids is 1. The summed E-state index contributed by atoms with van der Waals surface area (Å²) in [5.74, 6) is 2.19. The first-order valence-electron chi connectivity index (χ1n) is 6.66. The largest absolute Gasteiger partial charge is 0.457 e. The van der Waals surface area contributed by atoms with Crippen LogP contribution in [0.5, 0.6) is 11.5 Å². The molecule has 0 aliphatic carbocycles. The zero-order valence-electron chi connectivity index (χ0n) is 11.6. The topological polar surface area (TPSA) is 51.2 Å². The van der Waals surface area contributed by atoms with E-state index in [4.69, 9.17) is 4.74 Å². The number of anilines is 1. The second-order valence-corrected chi connectivity index (χ2v) is 5.03. The average molecular weight is 268 g/mol. The van der Waals surface area contributed by atoms with Gasteiger partial charge in [-0.3, -0.25) is 4.79 Å². The van der Waals surface area contributed by atoms with Gasteiger partial charge < -0.3 is 10.1 Å². The zero-order chi connectivity index (χ0) is 14.1. The quantitative estimate of drug-likeness (QED) is 0.908. The summed E-state index contributed by atoms with van der Waals surface area (Å²) in [6, 6.07) is 7.85. The fourth-order valence-corrected chi connectivity index (χ4v) is 2.26. The van der Waals surface area contributed by atoms with Crippen LogP contribution in [-0.4, -0.2) is 10.9 Å². The summed E-state index contributed by atoms with van der Waals surface area (Å²) in [6.45, 7) is 4.13. The average Bonchev–Trinajstić information content (AvgIpc) is 2.43. The number of hydrogen-bond acceptors (Lipinski definition) is 3. The highest BCUT2D eigenvalue weighted by Gasteiger charge is 2.19. The van der Waals surface area contributed by atoms with Crippen LogP contribution >= 0.6 is 0 Å². The molecule has 0 saturated carbocycles. The summed E-state index contributed by atoms with van der Waals surface area (Å²) >= 11 is 0. The van der Waals surface area contributed by atoms with E-state index in [1.54, 1.807) is 6.20 Å². The number of hydrogen-bond donors (Lipinski definition) is 1. The molecule has 1 aromatic heterocycles. The number of fused-ring (bicyclic) bond motifs is 1. The SMILES string of the molecule is Cc1ccc(Oc2ccnc3c2CCC(=O)N3)cc1C. The first kappa shape index (κ1) is 12.7. The minimum atomic E-state index is 0.00771. The molecule has 1 amide bonds. The van der Waals surface area contributed by atoms with Crippen molar-refractivity contribution in [1.29, 1.82) is 0 Å². The Bertz CT molecular complexity index is 680. The maximum absolute atomic E-state index is 11.4. The third kappa shape index (κ3) is 2.37. The molecule has 0 unspecified atom stereocenters. The summed E-state index contributed by atoms with van der Waals surface area (Å²) in [5.41, 5.74) is 3.39. The van der Waals surface area contributed by atoms with Crippen molar-refractivity contribution in [3.05, 3.63) is 47.2 Å². The molecular weight excluding hydrogens is 252 g/mol. The molecule has 1 aliphatic rings. The molecule has 1 aromatic carbocycles. The van der Waals surface area contributed by atoms with Crippen molar-refractivity contribution >= 4 is 11.7 Å². The van der Waals surface area contributed by atoms with Crippen LogP contribution in [-0.2, 0) is 11.2 Å². The molecular formula is C16H16N2O2. The predicted molar refractivity (Wildman–Crippen MR) is 77.2 cm³/mol. The van der Waals surface area contributed by atoms with E-state index in [0.29, 0.717) is 18.7 Å². The van der Waals surface area contributed by atoms with E-state index in [1.165, 1.54) is 11.1 Å². The summed E-state index contributed by atoms with van der Waals surface area (Å²) in [5, 5.41) is 2.78. The molecule has 0 atom stereocenters. The second-order valence-electron chi connectivity index (χ2n) is 5.03. The van der Waals surface area contributed by atoms with Crippen LogP contribution in [0.3, 0.4) is 0 Å². The molecule has 0 saturated heterocycles. The summed E-state index contributed by atoms with van der Waals surface area (Å²) < 4.78 is 5.96. The van der Waals surface area contributed by atoms with Gasteiger partial charge in [0.1, 0.15) is 17.3 Å². The van der Waals surface area contributed by atoms with Crippen LogP contribution in [0.25, 0.3) is 0 Å². The lowest BCUT2D eigenvalue weighted by Crippen LogP contribution is -2.20. The van der Waals surface area contributed by atoms with Gasteiger partial charge >= 0.3 is 0 Å². The first-order valence-corrected chi connectivity index (χ1v) is 6.66. The normalized spacial score (nSPS) is 13.6. The molecule has 4 nitrogen and oxygen atoms in total. The van der Waals surface area contributed by atoms with E-state index in [0.717, 1.165) is 17.1 Å². The van der Waals surface area contributed by atoms with E-state index in [9.17, 15) is 4.79 Å². The Kier molecular flexibility index (Phi) is 3.14. The Morgan fingerprint density at radius 2 is 2.00 bits per heavy atom. The van der Waals surface area contributed by atoms with Crippen molar-refractivity contribution in [2.24, 2.45) is 0 Å². The standard InChI is InChI=1S/C16H16N2O2/c1-10-3-4-12(9-11(10)2)20-14-7-8-17-16-13(14)5-6-15(19)18-16/h3-4,7-9H,5-6H2,1-2H3,(H,17,18,19).